The van der Waals surface area contributed by atoms with E-state index in [2.05, 4.69) is 20.9 Å². The third-order valence-electron chi connectivity index (χ3n) is 4.35. The zero-order chi connectivity index (χ0) is 21.7. The zero-order valence-corrected chi connectivity index (χ0v) is 19.0. The van der Waals surface area contributed by atoms with E-state index >= 15 is 0 Å². The van der Waals surface area contributed by atoms with Gasteiger partial charge in [0.25, 0.3) is 5.91 Å². The lowest BCUT2D eigenvalue weighted by atomic mass is 10.1. The molecule has 6 nitrogen and oxygen atoms in total. The maximum Gasteiger partial charge on any atom is 0.335 e. The van der Waals surface area contributed by atoms with E-state index in [0.717, 1.165) is 20.8 Å². The molecule has 0 aliphatic carbocycles. The van der Waals surface area contributed by atoms with Crippen molar-refractivity contribution in [1.82, 2.24) is 4.90 Å². The second-order valence-electron chi connectivity index (χ2n) is 6.40. The fourth-order valence-electron chi connectivity index (χ4n) is 2.82. The monoisotopic (exact) mass is 488 g/mol. The molecule has 1 aliphatic heterocycles. The number of carbonyl (C=O) groups is 2. The van der Waals surface area contributed by atoms with Crippen LogP contribution in [0.25, 0.3) is 6.08 Å². The molecule has 0 atom stereocenters. The van der Waals surface area contributed by atoms with Crippen molar-refractivity contribution in [3.63, 3.8) is 0 Å². The van der Waals surface area contributed by atoms with Crippen LogP contribution in [0.4, 0.5) is 0 Å². The van der Waals surface area contributed by atoms with Crippen LogP contribution in [0.2, 0.25) is 0 Å². The van der Waals surface area contributed by atoms with E-state index in [0.29, 0.717) is 30.4 Å². The Hall–Kier alpha value is -2.58. The number of carbonyl (C=O) groups excluding carboxylic acids is 1. The summed E-state index contributed by atoms with van der Waals surface area (Å²) in [6.07, 6.45) is 1.85. The van der Waals surface area contributed by atoms with E-state index < -0.39 is 5.97 Å². The van der Waals surface area contributed by atoms with Crippen LogP contribution in [-0.4, -0.2) is 40.1 Å². The van der Waals surface area contributed by atoms with Crippen molar-refractivity contribution in [2.24, 2.45) is 4.99 Å². The van der Waals surface area contributed by atoms with E-state index in [4.69, 9.17) is 9.84 Å². The van der Waals surface area contributed by atoms with Crippen LogP contribution in [0, 0.1) is 0 Å². The highest BCUT2D eigenvalue weighted by Crippen LogP contribution is 2.34. The number of benzene rings is 2. The Morgan fingerprint density at radius 1 is 1.23 bits per heavy atom. The van der Waals surface area contributed by atoms with Gasteiger partial charge < -0.3 is 9.84 Å². The first kappa shape index (κ1) is 22.1. The Balaban J connectivity index is 1.71. The minimum atomic E-state index is -0.955. The number of halogens is 1. The number of likely N-dealkylation sites (N-methyl/N-ethyl adjacent to an activating group) is 1. The average molecular weight is 489 g/mol. The van der Waals surface area contributed by atoms with Gasteiger partial charge in [-0.1, -0.05) is 18.2 Å². The standard InChI is InChI=1S/C22H21BrN2O4S/c1-3-24-22-25(4-2)20(26)19(30-22)12-15-7-10-18(17(23)11-15)29-13-14-5-8-16(9-6-14)21(27)28/h5-12H,3-4,13H2,1-2H3,(H,27,28)/b19-12-,24-22?. The molecule has 1 fully saturated rings. The molecule has 0 radical (unpaired) electrons. The Morgan fingerprint density at radius 3 is 2.57 bits per heavy atom. The van der Waals surface area contributed by atoms with Crippen molar-refractivity contribution in [2.75, 3.05) is 13.1 Å². The summed E-state index contributed by atoms with van der Waals surface area (Å²) in [5.74, 6) is -0.326. The molecule has 2 aromatic rings. The van der Waals surface area contributed by atoms with E-state index in [-0.39, 0.29) is 11.5 Å². The van der Waals surface area contributed by atoms with Crippen LogP contribution in [-0.2, 0) is 11.4 Å². The van der Waals surface area contributed by atoms with Crippen molar-refractivity contribution in [1.29, 1.82) is 0 Å². The number of hydrogen-bond donors (Lipinski definition) is 1. The maximum atomic E-state index is 12.6. The van der Waals surface area contributed by atoms with Gasteiger partial charge in [0, 0.05) is 13.1 Å². The van der Waals surface area contributed by atoms with Gasteiger partial charge in [0.05, 0.1) is 14.9 Å². The lowest BCUT2D eigenvalue weighted by Crippen LogP contribution is -2.28. The lowest BCUT2D eigenvalue weighted by molar-refractivity contribution is -0.122. The molecule has 0 saturated carbocycles. The summed E-state index contributed by atoms with van der Waals surface area (Å²) < 4.78 is 6.61. The summed E-state index contributed by atoms with van der Waals surface area (Å²) in [7, 11) is 0. The predicted molar refractivity (Wildman–Crippen MR) is 123 cm³/mol. The molecule has 0 spiro atoms. The topological polar surface area (TPSA) is 79.2 Å². The molecule has 1 aliphatic rings. The summed E-state index contributed by atoms with van der Waals surface area (Å²) in [5.41, 5.74) is 1.99. The number of aromatic carboxylic acids is 1. The summed E-state index contributed by atoms with van der Waals surface area (Å²) >= 11 is 4.91. The molecule has 1 saturated heterocycles. The quantitative estimate of drug-likeness (QED) is 0.552. The maximum absolute atomic E-state index is 12.6. The largest absolute Gasteiger partial charge is 0.488 e. The number of carboxylic acid groups (broad SMARTS) is 1. The van der Waals surface area contributed by atoms with Crippen LogP contribution < -0.4 is 4.74 Å². The van der Waals surface area contributed by atoms with Gasteiger partial charge in [0.15, 0.2) is 5.17 Å². The highest BCUT2D eigenvalue weighted by molar-refractivity contribution is 9.10. The van der Waals surface area contributed by atoms with Crippen molar-refractivity contribution in [3.05, 3.63) is 68.5 Å². The number of rotatable bonds is 7. The molecule has 2 aromatic carbocycles. The third-order valence-corrected chi connectivity index (χ3v) is 6.01. The molecule has 0 aromatic heterocycles. The summed E-state index contributed by atoms with van der Waals surface area (Å²) in [6, 6.07) is 12.2. The number of amidine groups is 1. The van der Waals surface area contributed by atoms with Crippen LogP contribution in [0.3, 0.4) is 0 Å². The molecular weight excluding hydrogens is 468 g/mol. The van der Waals surface area contributed by atoms with E-state index in [1.54, 1.807) is 29.2 Å². The number of thioether (sulfide) groups is 1. The SMILES string of the molecule is CCN=C1S/C(=C\c2ccc(OCc3ccc(C(=O)O)cc3)c(Br)c2)C(=O)N1CC. The Kier molecular flexibility index (Phi) is 7.33. The minimum absolute atomic E-state index is 0.0315. The molecule has 0 unspecified atom stereocenters. The number of hydrogen-bond acceptors (Lipinski definition) is 5. The Labute approximate surface area is 187 Å². The van der Waals surface area contributed by atoms with Crippen molar-refractivity contribution < 1.29 is 19.4 Å². The number of nitrogens with zero attached hydrogens (tertiary/aromatic N) is 2. The molecule has 0 bridgehead atoms. The fraction of sp³-hybridized carbons (Fsp3) is 0.227. The number of ether oxygens (including phenoxy) is 1. The van der Waals surface area contributed by atoms with E-state index in [1.165, 1.54) is 11.8 Å². The summed E-state index contributed by atoms with van der Waals surface area (Å²) in [4.78, 5) is 30.2. The van der Waals surface area contributed by atoms with Crippen LogP contribution in [0.1, 0.15) is 35.3 Å². The normalized spacial score (nSPS) is 16.5. The highest BCUT2D eigenvalue weighted by Gasteiger charge is 2.31. The molecule has 156 valence electrons. The molecular formula is C22H21BrN2O4S. The molecule has 1 N–H and O–H groups in total. The molecule has 30 heavy (non-hydrogen) atoms. The van der Waals surface area contributed by atoms with Gasteiger partial charge in [0.1, 0.15) is 12.4 Å². The van der Waals surface area contributed by atoms with Crippen molar-refractivity contribution >= 4 is 50.8 Å². The summed E-state index contributed by atoms with van der Waals surface area (Å²) in [5, 5.41) is 9.70. The summed E-state index contributed by atoms with van der Waals surface area (Å²) in [6.45, 7) is 5.42. The van der Waals surface area contributed by atoms with Gasteiger partial charge in [-0.3, -0.25) is 14.7 Å². The zero-order valence-electron chi connectivity index (χ0n) is 16.6. The van der Waals surface area contributed by atoms with Gasteiger partial charge in [-0.25, -0.2) is 4.79 Å². The molecule has 3 rings (SSSR count). The van der Waals surface area contributed by atoms with Crippen LogP contribution >= 0.6 is 27.7 Å². The number of amides is 1. The smallest absolute Gasteiger partial charge is 0.335 e. The minimum Gasteiger partial charge on any atom is -0.488 e. The molecule has 8 heteroatoms. The first-order valence-corrected chi connectivity index (χ1v) is 11.0. The Bertz CT molecular complexity index is 1020. The Morgan fingerprint density at radius 2 is 1.97 bits per heavy atom. The second-order valence-corrected chi connectivity index (χ2v) is 8.26. The van der Waals surface area contributed by atoms with Crippen LogP contribution in [0.15, 0.2) is 56.8 Å². The second kappa shape index (κ2) is 9.95. The predicted octanol–water partition coefficient (Wildman–Crippen LogP) is 5.04. The van der Waals surface area contributed by atoms with Gasteiger partial charge in [-0.2, -0.15) is 0 Å². The third kappa shape index (κ3) is 5.12. The molecule has 1 heterocycles. The van der Waals surface area contributed by atoms with E-state index in [1.807, 2.05) is 38.1 Å². The fourth-order valence-corrected chi connectivity index (χ4v) is 4.44. The lowest BCUT2D eigenvalue weighted by Gasteiger charge is -2.11. The number of aliphatic imine (C=N–C) groups is 1. The van der Waals surface area contributed by atoms with E-state index in [9.17, 15) is 9.59 Å². The number of carboxylic acids is 1. The van der Waals surface area contributed by atoms with Gasteiger partial charge >= 0.3 is 5.97 Å². The van der Waals surface area contributed by atoms with Crippen LogP contribution in [0.5, 0.6) is 5.75 Å². The first-order valence-electron chi connectivity index (χ1n) is 9.43. The average Bonchev–Trinajstić information content (AvgIpc) is 3.02. The van der Waals surface area contributed by atoms with Gasteiger partial charge in [-0.05, 0) is 83.0 Å². The van der Waals surface area contributed by atoms with Crippen molar-refractivity contribution in [2.45, 2.75) is 20.5 Å². The van der Waals surface area contributed by atoms with Gasteiger partial charge in [0.2, 0.25) is 0 Å². The van der Waals surface area contributed by atoms with Gasteiger partial charge in [-0.15, -0.1) is 0 Å². The highest BCUT2D eigenvalue weighted by atomic mass is 79.9. The molecule has 1 amide bonds. The first-order chi connectivity index (χ1) is 14.4. The van der Waals surface area contributed by atoms with Crippen molar-refractivity contribution in [3.8, 4) is 5.75 Å².